The van der Waals surface area contributed by atoms with Crippen LogP contribution in [0.5, 0.6) is 0 Å². The van der Waals surface area contributed by atoms with Gasteiger partial charge in [-0.05, 0) is 50.8 Å². The van der Waals surface area contributed by atoms with E-state index in [0.29, 0.717) is 17.7 Å². The molecule has 2 N–H and O–H groups in total. The third kappa shape index (κ3) is 6.02. The largest absolute Gasteiger partial charge is 0.314 e. The van der Waals surface area contributed by atoms with E-state index >= 15 is 0 Å². The van der Waals surface area contributed by atoms with E-state index in [-0.39, 0.29) is 11.8 Å². The second-order valence-electron chi connectivity index (χ2n) is 5.61. The van der Waals surface area contributed by atoms with Crippen LogP contribution in [-0.2, 0) is 10.0 Å². The van der Waals surface area contributed by atoms with E-state index in [0.717, 1.165) is 31.6 Å². The van der Waals surface area contributed by atoms with Gasteiger partial charge in [0, 0.05) is 17.3 Å². The molecule has 0 amide bonds. The van der Waals surface area contributed by atoms with E-state index in [2.05, 4.69) is 17.0 Å². The molecule has 0 aromatic heterocycles. The van der Waals surface area contributed by atoms with Crippen LogP contribution in [-0.4, -0.2) is 43.8 Å². The van der Waals surface area contributed by atoms with Crippen molar-refractivity contribution in [2.75, 3.05) is 18.1 Å². The van der Waals surface area contributed by atoms with Crippen LogP contribution in [0.2, 0.25) is 0 Å². The highest BCUT2D eigenvalue weighted by Crippen LogP contribution is 2.30. The maximum atomic E-state index is 12.0. The molecule has 0 bridgehead atoms. The van der Waals surface area contributed by atoms with Crippen molar-refractivity contribution in [2.45, 2.75) is 62.8 Å². The number of nitrogens with one attached hydrogen (secondary N) is 2. The van der Waals surface area contributed by atoms with Gasteiger partial charge in [0.15, 0.2) is 0 Å². The van der Waals surface area contributed by atoms with E-state index in [1.165, 1.54) is 12.8 Å². The molecule has 0 saturated heterocycles. The van der Waals surface area contributed by atoms with Gasteiger partial charge in [0.05, 0.1) is 5.75 Å². The van der Waals surface area contributed by atoms with Gasteiger partial charge in [-0.15, -0.1) is 0 Å². The van der Waals surface area contributed by atoms with Gasteiger partial charge in [0.2, 0.25) is 10.0 Å². The summed E-state index contributed by atoms with van der Waals surface area (Å²) in [6.45, 7) is 2.99. The van der Waals surface area contributed by atoms with Gasteiger partial charge >= 0.3 is 0 Å². The van der Waals surface area contributed by atoms with Gasteiger partial charge in [-0.3, -0.25) is 0 Å². The van der Waals surface area contributed by atoms with Crippen molar-refractivity contribution in [2.24, 2.45) is 0 Å². The Bertz CT molecular complexity index is 369. The quantitative estimate of drug-likeness (QED) is 0.637. The molecule has 2 atom stereocenters. The Hall–Kier alpha value is 0.220. The molecule has 0 radical (unpaired) electrons. The number of hydrogen-bond acceptors (Lipinski definition) is 4. The lowest BCUT2D eigenvalue weighted by molar-refractivity contribution is 0.547. The average Bonchev–Trinajstić information content (AvgIpc) is 3.07. The Morgan fingerprint density at radius 1 is 1.16 bits per heavy atom. The molecule has 2 aliphatic rings. The maximum absolute atomic E-state index is 12.0. The molecule has 2 rings (SSSR count). The lowest BCUT2D eigenvalue weighted by Crippen LogP contribution is -2.35. The number of rotatable bonds is 9. The predicted octanol–water partition coefficient (Wildman–Crippen LogP) is 1.72. The van der Waals surface area contributed by atoms with Crippen molar-refractivity contribution < 1.29 is 8.42 Å². The van der Waals surface area contributed by atoms with Crippen LogP contribution in [0.15, 0.2) is 0 Å². The highest BCUT2D eigenvalue weighted by Gasteiger charge is 2.27. The lowest BCUT2D eigenvalue weighted by Gasteiger charge is -2.13. The fourth-order valence-electron chi connectivity index (χ4n) is 2.60. The van der Waals surface area contributed by atoms with Gasteiger partial charge in [-0.1, -0.05) is 6.92 Å². The van der Waals surface area contributed by atoms with Crippen LogP contribution in [0.3, 0.4) is 0 Å². The molecule has 0 aromatic carbocycles. The van der Waals surface area contributed by atoms with Gasteiger partial charge in [0.1, 0.15) is 0 Å². The summed E-state index contributed by atoms with van der Waals surface area (Å²) in [5.41, 5.74) is 0. The third-order valence-electron chi connectivity index (χ3n) is 3.73. The topological polar surface area (TPSA) is 58.2 Å². The summed E-state index contributed by atoms with van der Waals surface area (Å²) >= 11 is 1.96. The van der Waals surface area contributed by atoms with Crippen molar-refractivity contribution in [1.29, 1.82) is 0 Å². The summed E-state index contributed by atoms with van der Waals surface area (Å²) < 4.78 is 26.8. The fourth-order valence-corrected chi connectivity index (χ4v) is 5.11. The molecule has 0 spiro atoms. The van der Waals surface area contributed by atoms with Gasteiger partial charge in [-0.2, -0.15) is 11.8 Å². The summed E-state index contributed by atoms with van der Waals surface area (Å²) in [6, 6.07) is 0.836. The van der Waals surface area contributed by atoms with E-state index in [1.807, 2.05) is 11.8 Å². The van der Waals surface area contributed by atoms with Crippen LogP contribution in [0.4, 0.5) is 0 Å². The Kier molecular flexibility index (Phi) is 5.99. The van der Waals surface area contributed by atoms with Crippen LogP contribution in [0.25, 0.3) is 0 Å². The van der Waals surface area contributed by atoms with Crippen molar-refractivity contribution in [1.82, 2.24) is 10.0 Å². The minimum absolute atomic E-state index is 0.172. The minimum atomic E-state index is -3.08. The Morgan fingerprint density at radius 2 is 1.89 bits per heavy atom. The summed E-state index contributed by atoms with van der Waals surface area (Å²) in [4.78, 5) is 0. The molecule has 0 aromatic rings. The maximum Gasteiger partial charge on any atom is 0.211 e. The van der Waals surface area contributed by atoms with Crippen LogP contribution in [0, 0.1) is 0 Å². The average molecular weight is 306 g/mol. The summed E-state index contributed by atoms with van der Waals surface area (Å²) in [6.07, 6.45) is 6.36. The fraction of sp³-hybridized carbons (Fsp3) is 1.00. The Labute approximate surface area is 121 Å². The van der Waals surface area contributed by atoms with E-state index in [4.69, 9.17) is 0 Å². The highest BCUT2D eigenvalue weighted by atomic mass is 32.2. The molecule has 4 nitrogen and oxygen atoms in total. The standard InChI is InChI=1S/C13H26N2O2S2/c1-2-18-13-7-6-12(10-13)15-19(16,17)9-3-8-14-11-4-5-11/h11-15H,2-10H2,1H3. The molecule has 6 heteroatoms. The molecular weight excluding hydrogens is 280 g/mol. The third-order valence-corrected chi connectivity index (χ3v) is 6.48. The number of hydrogen-bond donors (Lipinski definition) is 2. The Balaban J connectivity index is 1.62. The van der Waals surface area contributed by atoms with E-state index < -0.39 is 10.0 Å². The molecule has 2 unspecified atom stereocenters. The van der Waals surface area contributed by atoms with Gasteiger partial charge < -0.3 is 5.32 Å². The molecular formula is C13H26N2O2S2. The molecule has 112 valence electrons. The van der Waals surface area contributed by atoms with Crippen molar-refractivity contribution in [3.63, 3.8) is 0 Å². The highest BCUT2D eigenvalue weighted by molar-refractivity contribution is 7.99. The Morgan fingerprint density at radius 3 is 2.58 bits per heavy atom. The SMILES string of the molecule is CCSC1CCC(NS(=O)(=O)CCCNC2CC2)C1. The van der Waals surface area contributed by atoms with Gasteiger partial charge in [0.25, 0.3) is 0 Å². The first kappa shape index (κ1) is 15.6. The minimum Gasteiger partial charge on any atom is -0.314 e. The molecule has 0 aliphatic heterocycles. The number of thioether (sulfide) groups is 1. The predicted molar refractivity (Wildman–Crippen MR) is 82.1 cm³/mol. The molecule has 19 heavy (non-hydrogen) atoms. The molecule has 2 saturated carbocycles. The second-order valence-corrected chi connectivity index (χ2v) is 9.06. The zero-order chi connectivity index (χ0) is 13.7. The van der Waals surface area contributed by atoms with E-state index in [1.54, 1.807) is 0 Å². The van der Waals surface area contributed by atoms with Crippen molar-refractivity contribution >= 4 is 21.8 Å². The normalized spacial score (nSPS) is 27.8. The van der Waals surface area contributed by atoms with E-state index in [9.17, 15) is 8.42 Å². The van der Waals surface area contributed by atoms with Crippen molar-refractivity contribution in [3.05, 3.63) is 0 Å². The van der Waals surface area contributed by atoms with Crippen molar-refractivity contribution in [3.8, 4) is 0 Å². The first-order chi connectivity index (χ1) is 9.09. The zero-order valence-electron chi connectivity index (χ0n) is 11.7. The summed E-state index contributed by atoms with van der Waals surface area (Å²) in [5, 5.41) is 4.00. The van der Waals surface area contributed by atoms with Crippen LogP contribution >= 0.6 is 11.8 Å². The van der Waals surface area contributed by atoms with Crippen LogP contribution < -0.4 is 10.0 Å². The zero-order valence-corrected chi connectivity index (χ0v) is 13.4. The monoisotopic (exact) mass is 306 g/mol. The lowest BCUT2D eigenvalue weighted by atomic mass is 10.3. The molecule has 0 heterocycles. The summed E-state index contributed by atoms with van der Waals surface area (Å²) in [5.74, 6) is 1.38. The smallest absolute Gasteiger partial charge is 0.211 e. The van der Waals surface area contributed by atoms with Gasteiger partial charge in [-0.25, -0.2) is 13.1 Å². The second kappa shape index (κ2) is 7.29. The first-order valence-electron chi connectivity index (χ1n) is 7.44. The molecule has 2 fully saturated rings. The first-order valence-corrected chi connectivity index (χ1v) is 10.1. The molecule has 2 aliphatic carbocycles. The van der Waals surface area contributed by atoms with Crippen LogP contribution in [0.1, 0.15) is 45.4 Å². The number of sulfonamides is 1. The summed E-state index contributed by atoms with van der Waals surface area (Å²) in [7, 11) is -3.08.